The Morgan fingerprint density at radius 3 is 2.08 bits per heavy atom. The Balaban J connectivity index is 2.08. The van der Waals surface area contributed by atoms with E-state index in [0.29, 0.717) is 5.69 Å². The normalized spacial score (nSPS) is 11.1. The van der Waals surface area contributed by atoms with Crippen LogP contribution in [0.15, 0.2) is 89.8 Å². The van der Waals surface area contributed by atoms with Crippen LogP contribution in [0.5, 0.6) is 0 Å². The first-order valence-corrected chi connectivity index (χ1v) is 9.35. The van der Waals surface area contributed by atoms with Crippen LogP contribution < -0.4 is 9.41 Å². The van der Waals surface area contributed by atoms with Gasteiger partial charge in [0.05, 0.1) is 23.1 Å². The predicted molar refractivity (Wildman–Crippen MR) is 97.0 cm³/mol. The Morgan fingerprint density at radius 2 is 1.46 bits per heavy atom. The van der Waals surface area contributed by atoms with Crippen molar-refractivity contribution < 1.29 is 18.3 Å². The van der Waals surface area contributed by atoms with E-state index in [-0.39, 0.29) is 17.0 Å². The lowest BCUT2D eigenvalue weighted by Gasteiger charge is -2.25. The average molecular weight is 366 g/mol. The number of carbonyl (C=O) groups is 1. The zero-order valence-corrected chi connectivity index (χ0v) is 14.6. The summed E-state index contributed by atoms with van der Waals surface area (Å²) in [5.74, 6) is -1.42. The van der Waals surface area contributed by atoms with Crippen LogP contribution in [-0.4, -0.2) is 14.4 Å². The second-order valence-corrected chi connectivity index (χ2v) is 7.51. The molecule has 0 saturated carbocycles. The van der Waals surface area contributed by atoms with E-state index in [9.17, 15) is 18.3 Å². The smallest absolute Gasteiger partial charge is 0.264 e. The molecule has 0 saturated heterocycles. The van der Waals surface area contributed by atoms with Gasteiger partial charge in [0.15, 0.2) is 0 Å². The Hall–Kier alpha value is -3.12. The number of carbonyl (C=O) groups excluding carboxylic acids is 1. The highest BCUT2D eigenvalue weighted by Crippen LogP contribution is 2.26. The summed E-state index contributed by atoms with van der Waals surface area (Å²) < 4.78 is 27.7. The molecule has 26 heavy (non-hydrogen) atoms. The molecule has 3 rings (SSSR count). The van der Waals surface area contributed by atoms with Gasteiger partial charge in [-0.25, -0.2) is 8.42 Å². The molecule has 0 radical (unpaired) electrons. The molecule has 6 heteroatoms. The highest BCUT2D eigenvalue weighted by molar-refractivity contribution is 7.92. The molecule has 0 aliphatic carbocycles. The average Bonchev–Trinajstić information content (AvgIpc) is 2.67. The molecule has 0 spiro atoms. The first-order valence-electron chi connectivity index (χ1n) is 7.91. The topological polar surface area (TPSA) is 77.5 Å². The summed E-state index contributed by atoms with van der Waals surface area (Å²) in [6, 6.07) is 23.1. The summed E-state index contributed by atoms with van der Waals surface area (Å²) in [5.41, 5.74) is 1.13. The van der Waals surface area contributed by atoms with Gasteiger partial charge in [0.25, 0.3) is 10.0 Å². The molecule has 0 aromatic heterocycles. The van der Waals surface area contributed by atoms with E-state index >= 15 is 0 Å². The highest BCUT2D eigenvalue weighted by Gasteiger charge is 2.25. The van der Waals surface area contributed by atoms with Crippen molar-refractivity contribution in [1.82, 2.24) is 0 Å². The molecule has 0 aliphatic heterocycles. The summed E-state index contributed by atoms with van der Waals surface area (Å²) >= 11 is 0. The van der Waals surface area contributed by atoms with Crippen molar-refractivity contribution in [3.63, 3.8) is 0 Å². The van der Waals surface area contributed by atoms with Crippen LogP contribution in [0.2, 0.25) is 0 Å². The molecule has 0 fully saturated rings. The summed E-state index contributed by atoms with van der Waals surface area (Å²) in [6.07, 6.45) is 0. The largest absolute Gasteiger partial charge is 0.545 e. The standard InChI is InChI=1S/C20H17NO4S/c22-20(23)17-10-7-13-19(14-17)26(24,25)21(18-11-5-2-6-12-18)15-16-8-3-1-4-9-16/h1-14H,15H2,(H,22,23)/p-1. The number of hydrogen-bond acceptors (Lipinski definition) is 4. The Kier molecular flexibility index (Phi) is 5.04. The first-order chi connectivity index (χ1) is 12.5. The Bertz CT molecular complexity index is 1000. The zero-order chi connectivity index (χ0) is 18.6. The molecule has 0 aliphatic rings. The van der Waals surface area contributed by atoms with Gasteiger partial charge in [0.2, 0.25) is 0 Å². The predicted octanol–water partition coefficient (Wildman–Crippen LogP) is 2.45. The van der Waals surface area contributed by atoms with Crippen LogP contribution in [0.25, 0.3) is 0 Å². The van der Waals surface area contributed by atoms with E-state index < -0.39 is 16.0 Å². The zero-order valence-electron chi connectivity index (χ0n) is 13.8. The summed E-state index contributed by atoms with van der Waals surface area (Å²) in [7, 11) is -3.97. The number of benzene rings is 3. The maximum Gasteiger partial charge on any atom is 0.264 e. The molecule has 5 nitrogen and oxygen atoms in total. The molecule has 0 heterocycles. The van der Waals surface area contributed by atoms with Crippen molar-refractivity contribution in [3.8, 4) is 0 Å². The maximum absolute atomic E-state index is 13.2. The van der Waals surface area contributed by atoms with Gasteiger partial charge in [0.1, 0.15) is 0 Å². The molecule has 3 aromatic carbocycles. The van der Waals surface area contributed by atoms with Crippen molar-refractivity contribution in [2.75, 3.05) is 4.31 Å². The van der Waals surface area contributed by atoms with Gasteiger partial charge in [-0.15, -0.1) is 0 Å². The van der Waals surface area contributed by atoms with Crippen molar-refractivity contribution in [1.29, 1.82) is 0 Å². The lowest BCUT2D eigenvalue weighted by Crippen LogP contribution is -2.31. The minimum absolute atomic E-state index is 0.0982. The Labute approximate surface area is 152 Å². The maximum atomic E-state index is 13.2. The van der Waals surface area contributed by atoms with E-state index in [4.69, 9.17) is 0 Å². The molecule has 0 N–H and O–H groups in total. The molecule has 3 aromatic rings. The number of anilines is 1. The fourth-order valence-corrected chi connectivity index (χ4v) is 4.07. The van der Waals surface area contributed by atoms with Crippen LogP contribution >= 0.6 is 0 Å². The van der Waals surface area contributed by atoms with Gasteiger partial charge >= 0.3 is 0 Å². The third kappa shape index (κ3) is 3.75. The van der Waals surface area contributed by atoms with Crippen LogP contribution in [0, 0.1) is 0 Å². The van der Waals surface area contributed by atoms with Gasteiger partial charge in [0, 0.05) is 0 Å². The van der Waals surface area contributed by atoms with E-state index in [1.54, 1.807) is 30.3 Å². The molecule has 0 bridgehead atoms. The minimum Gasteiger partial charge on any atom is -0.545 e. The first kappa shape index (κ1) is 17.7. The second kappa shape index (κ2) is 7.41. The number of nitrogens with zero attached hydrogens (tertiary/aromatic N) is 1. The molecular formula is C20H16NO4S-. The second-order valence-electron chi connectivity index (χ2n) is 5.65. The number of sulfonamides is 1. The van der Waals surface area contributed by atoms with Gasteiger partial charge in [-0.05, 0) is 35.4 Å². The summed E-state index contributed by atoms with van der Waals surface area (Å²) in [4.78, 5) is 11.0. The Morgan fingerprint density at radius 1 is 0.846 bits per heavy atom. The van der Waals surface area contributed by atoms with Crippen LogP contribution in [0.3, 0.4) is 0 Å². The third-order valence-electron chi connectivity index (χ3n) is 3.87. The molecular weight excluding hydrogens is 350 g/mol. The van der Waals surface area contributed by atoms with Crippen molar-refractivity contribution in [2.24, 2.45) is 0 Å². The minimum atomic E-state index is -3.97. The quantitative estimate of drug-likeness (QED) is 0.671. The number of carboxylic acids is 1. The lowest BCUT2D eigenvalue weighted by molar-refractivity contribution is -0.255. The van der Waals surface area contributed by atoms with Gasteiger partial charge in [-0.1, -0.05) is 60.7 Å². The number of aromatic carboxylic acids is 1. The number of hydrogen-bond donors (Lipinski definition) is 0. The van der Waals surface area contributed by atoms with E-state index in [2.05, 4.69) is 0 Å². The third-order valence-corrected chi connectivity index (χ3v) is 5.64. The van der Waals surface area contributed by atoms with Crippen molar-refractivity contribution in [3.05, 3.63) is 96.1 Å². The van der Waals surface area contributed by atoms with Crippen LogP contribution in [-0.2, 0) is 16.6 Å². The highest BCUT2D eigenvalue weighted by atomic mass is 32.2. The van der Waals surface area contributed by atoms with E-state index in [1.165, 1.54) is 22.5 Å². The van der Waals surface area contributed by atoms with Crippen molar-refractivity contribution >= 4 is 21.7 Å². The molecule has 0 atom stereocenters. The molecule has 132 valence electrons. The van der Waals surface area contributed by atoms with Crippen molar-refractivity contribution in [2.45, 2.75) is 11.4 Å². The van der Waals surface area contributed by atoms with Gasteiger partial charge < -0.3 is 9.90 Å². The fourth-order valence-electron chi connectivity index (χ4n) is 2.57. The van der Waals surface area contributed by atoms with Crippen LogP contribution in [0.1, 0.15) is 15.9 Å². The lowest BCUT2D eigenvalue weighted by atomic mass is 10.2. The number of para-hydroxylation sites is 1. The van der Waals surface area contributed by atoms with Gasteiger partial charge in [-0.3, -0.25) is 4.31 Å². The van der Waals surface area contributed by atoms with E-state index in [0.717, 1.165) is 11.6 Å². The molecule has 0 unspecified atom stereocenters. The fraction of sp³-hybridized carbons (Fsp3) is 0.0500. The molecule has 0 amide bonds. The summed E-state index contributed by atoms with van der Waals surface area (Å²) in [5, 5.41) is 11.1. The van der Waals surface area contributed by atoms with Gasteiger partial charge in [-0.2, -0.15) is 0 Å². The summed E-state index contributed by atoms with van der Waals surface area (Å²) in [6.45, 7) is 0.128. The van der Waals surface area contributed by atoms with E-state index in [1.807, 2.05) is 30.3 Å². The van der Waals surface area contributed by atoms with Crippen LogP contribution in [0.4, 0.5) is 5.69 Å². The number of carboxylic acid groups (broad SMARTS) is 1. The number of rotatable bonds is 6. The SMILES string of the molecule is O=C([O-])c1cccc(S(=O)(=O)N(Cc2ccccc2)c2ccccc2)c1. The monoisotopic (exact) mass is 366 g/mol.